The zero-order chi connectivity index (χ0) is 13.2. The smallest absolute Gasteiger partial charge is 0.211 e. The van der Waals surface area contributed by atoms with Crippen molar-refractivity contribution < 1.29 is 8.42 Å². The van der Waals surface area contributed by atoms with Crippen LogP contribution in [-0.4, -0.2) is 44.7 Å². The number of sulfonamides is 1. The highest BCUT2D eigenvalue weighted by molar-refractivity contribution is 7.89. The van der Waals surface area contributed by atoms with Crippen molar-refractivity contribution in [2.75, 3.05) is 25.4 Å². The van der Waals surface area contributed by atoms with Crippen LogP contribution in [0, 0.1) is 11.8 Å². The van der Waals surface area contributed by atoms with Gasteiger partial charge in [-0.25, -0.2) is 13.1 Å². The number of hydrogen-bond donors (Lipinski definition) is 1. The molecule has 1 aliphatic carbocycles. The molecule has 1 saturated heterocycles. The Morgan fingerprint density at radius 2 is 2.00 bits per heavy atom. The Hall–Kier alpha value is -0.130. The number of hydrogen-bond acceptors (Lipinski definition) is 3. The molecule has 0 spiro atoms. The molecule has 2 rings (SSSR count). The zero-order valence-corrected chi connectivity index (χ0v) is 12.4. The Labute approximate surface area is 111 Å². The van der Waals surface area contributed by atoms with Crippen LogP contribution in [0.2, 0.25) is 0 Å². The Balaban J connectivity index is 1.67. The molecule has 1 heterocycles. The van der Waals surface area contributed by atoms with Gasteiger partial charge >= 0.3 is 0 Å². The first-order chi connectivity index (χ1) is 8.46. The summed E-state index contributed by atoms with van der Waals surface area (Å²) in [5, 5.41) is 0. The lowest BCUT2D eigenvalue weighted by atomic mass is 10.1. The summed E-state index contributed by atoms with van der Waals surface area (Å²) in [4.78, 5) is 2.52. The van der Waals surface area contributed by atoms with Crippen molar-refractivity contribution >= 4 is 10.0 Å². The molecule has 1 aliphatic heterocycles. The lowest BCUT2D eigenvalue weighted by Crippen LogP contribution is -2.33. The van der Waals surface area contributed by atoms with Crippen molar-refractivity contribution in [1.82, 2.24) is 9.62 Å². The van der Waals surface area contributed by atoms with E-state index in [0.29, 0.717) is 18.4 Å². The van der Waals surface area contributed by atoms with E-state index in [0.717, 1.165) is 32.0 Å². The first kappa shape index (κ1) is 14.3. The number of likely N-dealkylation sites (tertiary alicyclic amines) is 1. The molecule has 0 aromatic carbocycles. The molecule has 0 unspecified atom stereocenters. The fourth-order valence-corrected chi connectivity index (χ4v) is 3.92. The molecule has 2 fully saturated rings. The second-order valence-corrected chi connectivity index (χ2v) is 8.16. The third-order valence-corrected chi connectivity index (χ3v) is 5.32. The SMILES string of the molecule is CC(C)CCS(=O)(=O)NC[C@@H]1CCN(C2CC2)C1. The maximum absolute atomic E-state index is 11.8. The van der Waals surface area contributed by atoms with Crippen molar-refractivity contribution in [2.45, 2.75) is 45.6 Å². The molecule has 18 heavy (non-hydrogen) atoms. The minimum Gasteiger partial charge on any atom is -0.300 e. The van der Waals surface area contributed by atoms with Crippen LogP contribution in [0.3, 0.4) is 0 Å². The summed E-state index contributed by atoms with van der Waals surface area (Å²) in [6.45, 7) is 6.98. The molecule has 0 aromatic heterocycles. The number of nitrogens with zero attached hydrogens (tertiary/aromatic N) is 1. The van der Waals surface area contributed by atoms with Crippen LogP contribution < -0.4 is 4.72 Å². The average molecular weight is 274 g/mol. The topological polar surface area (TPSA) is 49.4 Å². The maximum atomic E-state index is 11.8. The molecule has 5 heteroatoms. The maximum Gasteiger partial charge on any atom is 0.211 e. The van der Waals surface area contributed by atoms with Gasteiger partial charge in [0.15, 0.2) is 0 Å². The lowest BCUT2D eigenvalue weighted by Gasteiger charge is -2.15. The fraction of sp³-hybridized carbons (Fsp3) is 1.00. The standard InChI is InChI=1S/C13H26N2O2S/c1-11(2)6-8-18(16,17)14-9-12-5-7-15(10-12)13-3-4-13/h11-14H,3-10H2,1-2H3/t12-/m0/s1. The van der Waals surface area contributed by atoms with Gasteiger partial charge in [-0.05, 0) is 44.1 Å². The number of nitrogens with one attached hydrogen (secondary N) is 1. The molecule has 1 saturated carbocycles. The van der Waals surface area contributed by atoms with Gasteiger partial charge in [0.05, 0.1) is 5.75 Å². The van der Waals surface area contributed by atoms with E-state index in [9.17, 15) is 8.42 Å². The molecule has 1 atom stereocenters. The minimum absolute atomic E-state index is 0.268. The van der Waals surface area contributed by atoms with E-state index in [4.69, 9.17) is 0 Å². The average Bonchev–Trinajstić information content (AvgIpc) is 3.04. The van der Waals surface area contributed by atoms with E-state index in [-0.39, 0.29) is 5.75 Å². The van der Waals surface area contributed by atoms with Crippen LogP contribution >= 0.6 is 0 Å². The highest BCUT2D eigenvalue weighted by atomic mass is 32.2. The first-order valence-electron chi connectivity index (χ1n) is 7.17. The normalized spacial score (nSPS) is 26.1. The summed E-state index contributed by atoms with van der Waals surface area (Å²) in [6, 6.07) is 0.813. The predicted molar refractivity (Wildman–Crippen MR) is 73.9 cm³/mol. The summed E-state index contributed by atoms with van der Waals surface area (Å²) in [6.07, 6.45) is 4.57. The van der Waals surface area contributed by atoms with Gasteiger partial charge in [0.2, 0.25) is 10.0 Å². The Bertz CT molecular complexity index is 363. The second-order valence-electron chi connectivity index (χ2n) is 6.23. The largest absolute Gasteiger partial charge is 0.300 e. The summed E-state index contributed by atoms with van der Waals surface area (Å²) in [7, 11) is -3.05. The van der Waals surface area contributed by atoms with Crippen molar-refractivity contribution in [1.29, 1.82) is 0 Å². The highest BCUT2D eigenvalue weighted by Gasteiger charge is 2.34. The third kappa shape index (κ3) is 4.52. The molecule has 0 aromatic rings. The van der Waals surface area contributed by atoms with E-state index >= 15 is 0 Å². The van der Waals surface area contributed by atoms with E-state index in [1.165, 1.54) is 12.8 Å². The van der Waals surface area contributed by atoms with Crippen molar-refractivity contribution in [3.05, 3.63) is 0 Å². The zero-order valence-electron chi connectivity index (χ0n) is 11.6. The molecular formula is C13H26N2O2S. The van der Waals surface area contributed by atoms with E-state index in [1.807, 2.05) is 0 Å². The van der Waals surface area contributed by atoms with Gasteiger partial charge in [-0.3, -0.25) is 0 Å². The van der Waals surface area contributed by atoms with Gasteiger partial charge in [-0.15, -0.1) is 0 Å². The molecule has 0 amide bonds. The minimum atomic E-state index is -3.05. The second kappa shape index (κ2) is 5.88. The molecule has 4 nitrogen and oxygen atoms in total. The van der Waals surface area contributed by atoms with Gasteiger partial charge < -0.3 is 4.90 Å². The molecular weight excluding hydrogens is 248 g/mol. The van der Waals surface area contributed by atoms with Crippen molar-refractivity contribution in [3.8, 4) is 0 Å². The van der Waals surface area contributed by atoms with E-state index in [2.05, 4.69) is 23.5 Å². The fourth-order valence-electron chi connectivity index (χ4n) is 2.51. The summed E-state index contributed by atoms with van der Waals surface area (Å²) in [5.41, 5.74) is 0. The monoisotopic (exact) mass is 274 g/mol. The van der Waals surface area contributed by atoms with Crippen LogP contribution in [0.1, 0.15) is 39.5 Å². The lowest BCUT2D eigenvalue weighted by molar-refractivity contribution is 0.314. The third-order valence-electron chi connectivity index (χ3n) is 3.94. The summed E-state index contributed by atoms with van der Waals surface area (Å²) in [5.74, 6) is 1.22. The quantitative estimate of drug-likeness (QED) is 0.764. The Morgan fingerprint density at radius 1 is 1.28 bits per heavy atom. The molecule has 0 radical (unpaired) electrons. The summed E-state index contributed by atoms with van der Waals surface area (Å²) < 4.78 is 26.4. The Kier molecular flexibility index (Phi) is 4.67. The van der Waals surface area contributed by atoms with Crippen LogP contribution in [0.25, 0.3) is 0 Å². The van der Waals surface area contributed by atoms with E-state index < -0.39 is 10.0 Å². The first-order valence-corrected chi connectivity index (χ1v) is 8.83. The van der Waals surface area contributed by atoms with Gasteiger partial charge in [0.1, 0.15) is 0 Å². The Morgan fingerprint density at radius 3 is 2.61 bits per heavy atom. The van der Waals surface area contributed by atoms with Gasteiger partial charge in [0, 0.05) is 19.1 Å². The highest BCUT2D eigenvalue weighted by Crippen LogP contribution is 2.31. The van der Waals surface area contributed by atoms with Crippen molar-refractivity contribution in [2.24, 2.45) is 11.8 Å². The molecule has 1 N–H and O–H groups in total. The predicted octanol–water partition coefficient (Wildman–Crippen LogP) is 1.44. The molecule has 2 aliphatic rings. The van der Waals surface area contributed by atoms with Crippen LogP contribution in [0.15, 0.2) is 0 Å². The van der Waals surface area contributed by atoms with Crippen LogP contribution in [-0.2, 0) is 10.0 Å². The van der Waals surface area contributed by atoms with Gasteiger partial charge in [-0.1, -0.05) is 13.8 Å². The van der Waals surface area contributed by atoms with E-state index in [1.54, 1.807) is 0 Å². The van der Waals surface area contributed by atoms with Crippen LogP contribution in [0.4, 0.5) is 0 Å². The van der Waals surface area contributed by atoms with Gasteiger partial charge in [-0.2, -0.15) is 0 Å². The molecule has 0 bridgehead atoms. The van der Waals surface area contributed by atoms with Crippen molar-refractivity contribution in [3.63, 3.8) is 0 Å². The van der Waals surface area contributed by atoms with Gasteiger partial charge in [0.25, 0.3) is 0 Å². The number of rotatable bonds is 7. The summed E-state index contributed by atoms with van der Waals surface area (Å²) >= 11 is 0. The molecule has 106 valence electrons. The van der Waals surface area contributed by atoms with Crippen LogP contribution in [0.5, 0.6) is 0 Å².